The number of aryl methyl sites for hydroxylation is 1. The van der Waals surface area contributed by atoms with Crippen LogP contribution >= 0.6 is 0 Å². The van der Waals surface area contributed by atoms with Gasteiger partial charge in [0, 0.05) is 18.6 Å². The Hall–Kier alpha value is -5.73. The Balaban J connectivity index is 1.38. The molecule has 9 rings (SSSR count). The van der Waals surface area contributed by atoms with E-state index in [0.29, 0.717) is 16.7 Å². The Morgan fingerprint density at radius 2 is 1.04 bits per heavy atom. The predicted octanol–water partition coefficient (Wildman–Crippen LogP) is 11.5. The summed E-state index contributed by atoms with van der Waals surface area (Å²) in [5.74, 6) is -0.146. The molecule has 1 heterocycles. The van der Waals surface area contributed by atoms with Crippen LogP contribution in [-0.2, 0) is 6.37 Å². The molecule has 2 nitrogen and oxygen atoms in total. The van der Waals surface area contributed by atoms with Crippen molar-refractivity contribution in [1.29, 1.82) is 0 Å². The molecule has 0 aliphatic heterocycles. The molecule has 0 radical (unpaired) electrons. The average molecular weight is 580 g/mol. The second-order valence-corrected chi connectivity index (χ2v) is 11.4. The van der Waals surface area contributed by atoms with Gasteiger partial charge in [0.15, 0.2) is 0 Å². The minimum atomic E-state index is -2.93. The van der Waals surface area contributed by atoms with E-state index < -0.39 is 13.2 Å². The third-order valence-electron chi connectivity index (χ3n) is 9.07. The highest BCUT2D eigenvalue weighted by Crippen LogP contribution is 2.47. The highest BCUT2D eigenvalue weighted by Gasteiger charge is 2.21. The summed E-state index contributed by atoms with van der Waals surface area (Å²) in [6.45, 7) is -2.93. The van der Waals surface area contributed by atoms with Crippen molar-refractivity contribution in [2.75, 3.05) is 0 Å². The Bertz CT molecular complexity index is 2730. The van der Waals surface area contributed by atoms with Crippen molar-refractivity contribution < 1.29 is 6.85 Å². The summed E-state index contributed by atoms with van der Waals surface area (Å²) in [4.78, 5) is 4.58. The molecule has 0 saturated heterocycles. The quantitative estimate of drug-likeness (QED) is 0.190. The standard InChI is InChI=1S/C43H30N2/c1-2-41-44-38-24-11-12-25-40(38)45(41)39-27-26-37(30-17-5-6-18-31(30)39)43-35-21-9-7-19-33(35)42(34-20-8-10-22-36(34)43)32-23-13-15-28-14-3-4-16-29(28)32/h3-27H,2H2,1H3/i1D3,2D2. The number of nitrogens with zero attached hydrogens (tertiary/aromatic N) is 2. The van der Waals surface area contributed by atoms with Gasteiger partial charge in [-0.05, 0) is 78.2 Å². The lowest BCUT2D eigenvalue weighted by molar-refractivity contribution is 0.913. The zero-order valence-electron chi connectivity index (χ0n) is 29.3. The van der Waals surface area contributed by atoms with Crippen molar-refractivity contribution in [2.24, 2.45) is 0 Å². The maximum Gasteiger partial charge on any atom is 0.114 e. The summed E-state index contributed by atoms with van der Waals surface area (Å²) < 4.78 is 43.5. The molecule has 0 fully saturated rings. The molecule has 212 valence electrons. The van der Waals surface area contributed by atoms with Gasteiger partial charge >= 0.3 is 0 Å². The van der Waals surface area contributed by atoms with Gasteiger partial charge < -0.3 is 0 Å². The van der Waals surface area contributed by atoms with Gasteiger partial charge in [-0.2, -0.15) is 0 Å². The summed E-state index contributed by atoms with van der Waals surface area (Å²) >= 11 is 0. The van der Waals surface area contributed by atoms with Gasteiger partial charge in [-0.25, -0.2) is 4.98 Å². The highest BCUT2D eigenvalue weighted by molar-refractivity contribution is 6.25. The fourth-order valence-electron chi connectivity index (χ4n) is 7.20. The molecule has 0 aliphatic carbocycles. The molecular formula is C43H30N2. The summed E-state index contributed by atoms with van der Waals surface area (Å²) in [6.07, 6.45) is -2.70. The molecule has 8 aromatic carbocycles. The zero-order chi connectivity index (χ0) is 34.2. The molecule has 45 heavy (non-hydrogen) atoms. The normalized spacial score (nSPS) is 14.0. The SMILES string of the molecule is [2H]C([2H])([2H])C([2H])([2H])c1nc2ccccc2n1-c1ccc(-c2c3ccccc3c(-c3cccc4ccccc34)c3ccccc23)c2ccccc12. The van der Waals surface area contributed by atoms with Crippen LogP contribution in [0.4, 0.5) is 0 Å². The van der Waals surface area contributed by atoms with Gasteiger partial charge in [-0.1, -0.05) is 140 Å². The first kappa shape index (κ1) is 21.1. The molecule has 0 aliphatic rings. The molecule has 0 unspecified atom stereocenters. The molecule has 2 heteroatoms. The Morgan fingerprint density at radius 3 is 1.73 bits per heavy atom. The van der Waals surface area contributed by atoms with Gasteiger partial charge in [-0.15, -0.1) is 0 Å². The molecule has 0 atom stereocenters. The van der Waals surface area contributed by atoms with E-state index in [-0.39, 0.29) is 5.82 Å². The molecular weight excluding hydrogens is 544 g/mol. The topological polar surface area (TPSA) is 17.8 Å². The number of rotatable bonds is 4. The smallest absolute Gasteiger partial charge is 0.114 e. The fourth-order valence-corrected chi connectivity index (χ4v) is 7.20. The van der Waals surface area contributed by atoms with Crippen molar-refractivity contribution in [3.63, 3.8) is 0 Å². The van der Waals surface area contributed by atoms with Crippen LogP contribution in [0.2, 0.25) is 0 Å². The molecule has 0 bridgehead atoms. The third-order valence-corrected chi connectivity index (χ3v) is 9.07. The van der Waals surface area contributed by atoms with E-state index >= 15 is 0 Å². The van der Waals surface area contributed by atoms with Crippen LogP contribution < -0.4 is 0 Å². The first-order chi connectivity index (χ1) is 24.2. The number of hydrogen-bond acceptors (Lipinski definition) is 1. The summed E-state index contributed by atoms with van der Waals surface area (Å²) in [5.41, 5.74) is 6.36. The largest absolute Gasteiger partial charge is 0.296 e. The monoisotopic (exact) mass is 579 g/mol. The first-order valence-electron chi connectivity index (χ1n) is 17.7. The molecule has 0 amide bonds. The third kappa shape index (κ3) is 3.86. The van der Waals surface area contributed by atoms with Crippen LogP contribution in [0.25, 0.3) is 82.1 Å². The summed E-state index contributed by atoms with van der Waals surface area (Å²) in [5, 5.41) is 8.78. The maximum absolute atomic E-state index is 8.77. The van der Waals surface area contributed by atoms with E-state index in [1.807, 2.05) is 42.5 Å². The van der Waals surface area contributed by atoms with Gasteiger partial charge in [0.2, 0.25) is 0 Å². The maximum atomic E-state index is 8.77. The zero-order valence-corrected chi connectivity index (χ0v) is 24.3. The van der Waals surface area contributed by atoms with Gasteiger partial charge in [0.1, 0.15) is 5.82 Å². The lowest BCUT2D eigenvalue weighted by Crippen LogP contribution is -2.01. The molecule has 1 aromatic heterocycles. The van der Waals surface area contributed by atoms with Crippen LogP contribution in [0.5, 0.6) is 0 Å². The van der Waals surface area contributed by atoms with Crippen LogP contribution in [0.3, 0.4) is 0 Å². The van der Waals surface area contributed by atoms with E-state index in [0.717, 1.165) is 43.4 Å². The number of benzene rings is 8. The van der Waals surface area contributed by atoms with Crippen molar-refractivity contribution in [3.8, 4) is 27.9 Å². The van der Waals surface area contributed by atoms with Crippen molar-refractivity contribution >= 4 is 54.1 Å². The Morgan fingerprint density at radius 1 is 0.511 bits per heavy atom. The van der Waals surface area contributed by atoms with Crippen molar-refractivity contribution in [3.05, 3.63) is 157 Å². The lowest BCUT2D eigenvalue weighted by atomic mass is 9.83. The van der Waals surface area contributed by atoms with Gasteiger partial charge in [0.05, 0.1) is 16.7 Å². The van der Waals surface area contributed by atoms with Crippen LogP contribution in [0, 0.1) is 0 Å². The highest BCUT2D eigenvalue weighted by atomic mass is 15.1. The van der Waals surface area contributed by atoms with Gasteiger partial charge in [0.25, 0.3) is 0 Å². The molecule has 0 saturated carbocycles. The van der Waals surface area contributed by atoms with E-state index in [9.17, 15) is 0 Å². The van der Waals surface area contributed by atoms with Crippen LogP contribution in [-0.4, -0.2) is 9.55 Å². The van der Waals surface area contributed by atoms with Crippen LogP contribution in [0.15, 0.2) is 152 Å². The predicted molar refractivity (Wildman–Crippen MR) is 191 cm³/mol. The Labute approximate surface area is 268 Å². The molecule has 9 aromatic rings. The summed E-state index contributed by atoms with van der Waals surface area (Å²) in [6, 6.07) is 51.7. The first-order valence-corrected chi connectivity index (χ1v) is 15.2. The fraction of sp³-hybridized carbons (Fsp3) is 0.0465. The average Bonchev–Trinajstić information content (AvgIpc) is 3.53. The van der Waals surface area contributed by atoms with Gasteiger partial charge in [-0.3, -0.25) is 4.57 Å². The number of hydrogen-bond donors (Lipinski definition) is 0. The second kappa shape index (κ2) is 10.2. The minimum Gasteiger partial charge on any atom is -0.296 e. The number of fused-ring (bicyclic) bond motifs is 5. The lowest BCUT2D eigenvalue weighted by Gasteiger charge is -2.20. The number of para-hydroxylation sites is 2. The number of imidazole rings is 1. The van der Waals surface area contributed by atoms with E-state index in [2.05, 4.69) is 108 Å². The van der Waals surface area contributed by atoms with E-state index in [1.165, 1.54) is 21.9 Å². The summed E-state index contributed by atoms with van der Waals surface area (Å²) in [7, 11) is 0. The Kier molecular flexibility index (Phi) is 4.76. The van der Waals surface area contributed by atoms with E-state index in [1.54, 1.807) is 10.6 Å². The van der Waals surface area contributed by atoms with Crippen molar-refractivity contribution in [1.82, 2.24) is 9.55 Å². The van der Waals surface area contributed by atoms with Crippen molar-refractivity contribution in [2.45, 2.75) is 13.2 Å². The second-order valence-electron chi connectivity index (χ2n) is 11.4. The molecule has 0 N–H and O–H groups in total. The van der Waals surface area contributed by atoms with Crippen LogP contribution in [0.1, 0.15) is 19.5 Å². The number of aromatic nitrogens is 2. The minimum absolute atomic E-state index is 0.146. The molecule has 0 spiro atoms. The van der Waals surface area contributed by atoms with E-state index in [4.69, 9.17) is 6.85 Å².